The average molecular weight is 358 g/mol. The molecule has 3 aliphatic rings. The average Bonchev–Trinajstić information content (AvgIpc) is 3.32. The van der Waals surface area contributed by atoms with Crippen molar-refractivity contribution in [3.63, 3.8) is 0 Å². The molecule has 1 aliphatic carbocycles. The van der Waals surface area contributed by atoms with Gasteiger partial charge in [0.25, 0.3) is 0 Å². The first-order valence-electron chi connectivity index (χ1n) is 9.43. The second-order valence-electron chi connectivity index (χ2n) is 7.64. The molecule has 2 amide bonds. The summed E-state index contributed by atoms with van der Waals surface area (Å²) in [6, 6.07) is 5.94. The van der Waals surface area contributed by atoms with Gasteiger partial charge < -0.3 is 19.7 Å². The molecule has 1 N–H and O–H groups in total. The van der Waals surface area contributed by atoms with Gasteiger partial charge in [0, 0.05) is 31.6 Å². The van der Waals surface area contributed by atoms with Gasteiger partial charge >= 0.3 is 0 Å². The third-order valence-corrected chi connectivity index (χ3v) is 5.82. The van der Waals surface area contributed by atoms with Crippen molar-refractivity contribution in [1.29, 1.82) is 0 Å². The summed E-state index contributed by atoms with van der Waals surface area (Å²) in [5.41, 5.74) is 2.95. The molecule has 2 saturated heterocycles. The normalized spacial score (nSPS) is 26.8. The molecule has 2 heterocycles. The van der Waals surface area contributed by atoms with Crippen LogP contribution in [0.5, 0.6) is 0 Å². The number of nitrogens with zero attached hydrogens (tertiary/aromatic N) is 1. The number of rotatable bonds is 3. The van der Waals surface area contributed by atoms with Crippen LogP contribution >= 0.6 is 0 Å². The van der Waals surface area contributed by atoms with Gasteiger partial charge in [-0.15, -0.1) is 0 Å². The van der Waals surface area contributed by atoms with Crippen molar-refractivity contribution in [2.24, 2.45) is 11.8 Å². The fourth-order valence-corrected chi connectivity index (χ4v) is 4.07. The number of nitrogens with one attached hydrogen (secondary N) is 1. The van der Waals surface area contributed by atoms with E-state index in [9.17, 15) is 9.59 Å². The fraction of sp³-hybridized carbons (Fsp3) is 0.600. The van der Waals surface area contributed by atoms with Crippen LogP contribution in [0, 0.1) is 25.7 Å². The first-order chi connectivity index (χ1) is 12.5. The number of amides is 2. The number of ether oxygens (including phenoxy) is 2. The van der Waals surface area contributed by atoms with E-state index in [-0.39, 0.29) is 23.7 Å². The molecule has 1 aromatic rings. The maximum atomic E-state index is 12.7. The number of aryl methyl sites for hydroxylation is 2. The van der Waals surface area contributed by atoms with Gasteiger partial charge in [0.05, 0.1) is 25.0 Å². The topological polar surface area (TPSA) is 67.9 Å². The van der Waals surface area contributed by atoms with Crippen molar-refractivity contribution in [3.8, 4) is 0 Å². The van der Waals surface area contributed by atoms with Crippen LogP contribution in [0.2, 0.25) is 0 Å². The highest BCUT2D eigenvalue weighted by Crippen LogP contribution is 2.42. The minimum Gasteiger partial charge on any atom is -0.347 e. The van der Waals surface area contributed by atoms with E-state index in [1.165, 1.54) is 0 Å². The van der Waals surface area contributed by atoms with Crippen molar-refractivity contribution in [3.05, 3.63) is 29.3 Å². The second kappa shape index (κ2) is 6.67. The Labute approximate surface area is 153 Å². The third-order valence-electron chi connectivity index (χ3n) is 5.82. The van der Waals surface area contributed by atoms with Gasteiger partial charge in [-0.2, -0.15) is 0 Å². The monoisotopic (exact) mass is 358 g/mol. The summed E-state index contributed by atoms with van der Waals surface area (Å²) >= 11 is 0. The molecule has 1 aromatic carbocycles. The standard InChI is InChI=1S/C20H26N2O4/c1-13-4-3-5-14(2)17(13)21-18(23)15-12-16(15)19(24)22-8-6-20(7-9-22)25-10-11-26-20/h3-5,15-16H,6-12H2,1-2H3,(H,21,23). The van der Waals surface area contributed by atoms with Crippen LogP contribution in [0.15, 0.2) is 18.2 Å². The lowest BCUT2D eigenvalue weighted by molar-refractivity contribution is -0.187. The van der Waals surface area contributed by atoms with Crippen molar-refractivity contribution >= 4 is 17.5 Å². The number of para-hydroxylation sites is 1. The van der Waals surface area contributed by atoms with Gasteiger partial charge in [-0.1, -0.05) is 18.2 Å². The van der Waals surface area contributed by atoms with Crippen molar-refractivity contribution in [2.75, 3.05) is 31.6 Å². The van der Waals surface area contributed by atoms with Crippen LogP contribution in [0.3, 0.4) is 0 Å². The lowest BCUT2D eigenvalue weighted by Crippen LogP contribution is -2.48. The molecular formula is C20H26N2O4. The SMILES string of the molecule is Cc1cccc(C)c1NC(=O)C1CC1C(=O)N1CCC2(CC1)OCCO2. The lowest BCUT2D eigenvalue weighted by atomic mass is 10.0. The Morgan fingerprint density at radius 2 is 1.69 bits per heavy atom. The Bertz CT molecular complexity index is 696. The zero-order chi connectivity index (χ0) is 18.3. The van der Waals surface area contributed by atoms with Crippen LogP contribution in [0.4, 0.5) is 5.69 Å². The van der Waals surface area contributed by atoms with Crippen LogP contribution in [-0.2, 0) is 19.1 Å². The summed E-state index contributed by atoms with van der Waals surface area (Å²) < 4.78 is 11.4. The summed E-state index contributed by atoms with van der Waals surface area (Å²) in [6.07, 6.45) is 2.07. The maximum absolute atomic E-state index is 12.7. The first kappa shape index (κ1) is 17.5. The minimum absolute atomic E-state index is 0.0447. The van der Waals surface area contributed by atoms with E-state index in [1.54, 1.807) is 0 Å². The smallest absolute Gasteiger partial charge is 0.228 e. The zero-order valence-electron chi connectivity index (χ0n) is 15.4. The molecule has 1 saturated carbocycles. The summed E-state index contributed by atoms with van der Waals surface area (Å²) in [4.78, 5) is 27.2. The predicted octanol–water partition coefficient (Wildman–Crippen LogP) is 2.24. The molecule has 1 spiro atoms. The number of carbonyl (C=O) groups is 2. The Hall–Kier alpha value is -1.92. The van der Waals surface area contributed by atoms with Crippen molar-refractivity contribution in [2.45, 2.75) is 38.9 Å². The molecule has 0 radical (unpaired) electrons. The molecule has 4 rings (SSSR count). The zero-order valence-corrected chi connectivity index (χ0v) is 15.4. The Morgan fingerprint density at radius 1 is 1.08 bits per heavy atom. The first-order valence-corrected chi connectivity index (χ1v) is 9.43. The molecule has 0 aromatic heterocycles. The molecule has 6 heteroatoms. The highest BCUT2D eigenvalue weighted by Gasteiger charge is 2.51. The van der Waals surface area contributed by atoms with Crippen LogP contribution < -0.4 is 5.32 Å². The van der Waals surface area contributed by atoms with Crippen molar-refractivity contribution in [1.82, 2.24) is 4.90 Å². The van der Waals surface area contributed by atoms with E-state index < -0.39 is 5.79 Å². The molecule has 26 heavy (non-hydrogen) atoms. The fourth-order valence-electron chi connectivity index (χ4n) is 4.07. The summed E-state index contributed by atoms with van der Waals surface area (Å²) in [7, 11) is 0. The highest BCUT2D eigenvalue weighted by molar-refractivity contribution is 6.00. The molecular weight excluding hydrogens is 332 g/mol. The highest BCUT2D eigenvalue weighted by atomic mass is 16.7. The quantitative estimate of drug-likeness (QED) is 0.900. The Morgan fingerprint density at radius 3 is 2.31 bits per heavy atom. The van der Waals surface area contributed by atoms with Gasteiger partial charge in [0.15, 0.2) is 5.79 Å². The summed E-state index contributed by atoms with van der Waals surface area (Å²) in [5, 5.41) is 3.02. The molecule has 0 bridgehead atoms. The van der Waals surface area contributed by atoms with Crippen LogP contribution in [0.25, 0.3) is 0 Å². The molecule has 6 nitrogen and oxygen atoms in total. The number of hydrogen-bond donors (Lipinski definition) is 1. The Kier molecular flexibility index (Phi) is 4.49. The van der Waals surface area contributed by atoms with Crippen LogP contribution in [0.1, 0.15) is 30.4 Å². The number of hydrogen-bond acceptors (Lipinski definition) is 4. The maximum Gasteiger partial charge on any atom is 0.228 e. The lowest BCUT2D eigenvalue weighted by Gasteiger charge is -2.37. The van der Waals surface area contributed by atoms with Crippen LogP contribution in [-0.4, -0.2) is 48.8 Å². The number of likely N-dealkylation sites (tertiary alicyclic amines) is 1. The van der Waals surface area contributed by atoms with E-state index in [2.05, 4.69) is 5.32 Å². The van der Waals surface area contributed by atoms with Gasteiger partial charge in [0.1, 0.15) is 0 Å². The third kappa shape index (κ3) is 3.23. The van der Waals surface area contributed by atoms with E-state index >= 15 is 0 Å². The molecule has 140 valence electrons. The molecule has 2 atom stereocenters. The largest absolute Gasteiger partial charge is 0.347 e. The van der Waals surface area contributed by atoms with E-state index in [1.807, 2.05) is 36.9 Å². The minimum atomic E-state index is -0.473. The van der Waals surface area contributed by atoms with E-state index in [0.29, 0.717) is 45.6 Å². The molecule has 2 aliphatic heterocycles. The van der Waals surface area contributed by atoms with E-state index in [4.69, 9.17) is 9.47 Å². The summed E-state index contributed by atoms with van der Waals surface area (Å²) in [5.74, 6) is -0.814. The summed E-state index contributed by atoms with van der Waals surface area (Å²) in [6.45, 7) is 6.51. The number of benzene rings is 1. The number of piperidine rings is 1. The number of anilines is 1. The van der Waals surface area contributed by atoms with Gasteiger partial charge in [0.2, 0.25) is 11.8 Å². The number of carbonyl (C=O) groups excluding carboxylic acids is 2. The van der Waals surface area contributed by atoms with Crippen molar-refractivity contribution < 1.29 is 19.1 Å². The van der Waals surface area contributed by atoms with Gasteiger partial charge in [-0.25, -0.2) is 0 Å². The Balaban J connectivity index is 1.32. The van der Waals surface area contributed by atoms with Gasteiger partial charge in [-0.05, 0) is 31.4 Å². The molecule has 2 unspecified atom stereocenters. The predicted molar refractivity (Wildman–Crippen MR) is 96.6 cm³/mol. The van der Waals surface area contributed by atoms with Gasteiger partial charge in [-0.3, -0.25) is 9.59 Å². The molecule has 3 fully saturated rings. The van der Waals surface area contributed by atoms with E-state index in [0.717, 1.165) is 16.8 Å². The second-order valence-corrected chi connectivity index (χ2v) is 7.64.